The number of benzene rings is 1. The fourth-order valence-electron chi connectivity index (χ4n) is 2.08. The molecule has 0 atom stereocenters. The van der Waals surface area contributed by atoms with Gasteiger partial charge in [0.1, 0.15) is 0 Å². The number of nitrogens with one attached hydrogen (secondary N) is 1. The molecule has 18 heavy (non-hydrogen) atoms. The van der Waals surface area contributed by atoms with Crippen LogP contribution in [0.3, 0.4) is 0 Å². The molecule has 0 radical (unpaired) electrons. The van der Waals surface area contributed by atoms with Crippen molar-refractivity contribution in [2.75, 3.05) is 7.05 Å². The zero-order valence-corrected chi connectivity index (χ0v) is 12.8. The van der Waals surface area contributed by atoms with E-state index in [2.05, 4.69) is 58.4 Å². The lowest BCUT2D eigenvalue weighted by Gasteiger charge is -2.09. The molecular weight excluding hydrogens is 290 g/mol. The molecule has 0 unspecified atom stereocenters. The highest BCUT2D eigenvalue weighted by Gasteiger charge is 2.10. The van der Waals surface area contributed by atoms with Crippen molar-refractivity contribution in [1.29, 1.82) is 0 Å². The third kappa shape index (κ3) is 2.35. The van der Waals surface area contributed by atoms with Crippen LogP contribution in [-0.2, 0) is 6.54 Å². The van der Waals surface area contributed by atoms with Crippen molar-refractivity contribution in [3.63, 3.8) is 0 Å². The second kappa shape index (κ2) is 5.24. The number of halogens is 1. The lowest BCUT2D eigenvalue weighted by molar-refractivity contribution is 0.804. The highest BCUT2D eigenvalue weighted by atomic mass is 79.9. The minimum Gasteiger partial charge on any atom is -0.316 e. The van der Waals surface area contributed by atoms with E-state index in [1.54, 1.807) is 0 Å². The van der Waals surface area contributed by atoms with Gasteiger partial charge >= 0.3 is 0 Å². The summed E-state index contributed by atoms with van der Waals surface area (Å²) in [6.07, 6.45) is 0. The molecule has 1 aromatic carbocycles. The van der Waals surface area contributed by atoms with E-state index in [1.807, 2.05) is 18.7 Å². The normalized spacial score (nSPS) is 10.9. The SMILES string of the molecule is CNCc1ccc(-n2nc(C)c(Br)c2C)cc1C. The van der Waals surface area contributed by atoms with Crippen LogP contribution in [0.1, 0.15) is 22.5 Å². The number of aryl methyl sites for hydroxylation is 2. The molecule has 96 valence electrons. The topological polar surface area (TPSA) is 29.9 Å². The highest BCUT2D eigenvalue weighted by Crippen LogP contribution is 2.24. The molecule has 0 aliphatic carbocycles. The summed E-state index contributed by atoms with van der Waals surface area (Å²) in [5, 5.41) is 7.73. The number of hydrogen-bond donors (Lipinski definition) is 1. The van der Waals surface area contributed by atoms with Crippen LogP contribution >= 0.6 is 15.9 Å². The summed E-state index contributed by atoms with van der Waals surface area (Å²) in [5.74, 6) is 0. The second-order valence-electron chi connectivity index (χ2n) is 4.54. The molecule has 2 aromatic rings. The average molecular weight is 308 g/mol. The van der Waals surface area contributed by atoms with Crippen LogP contribution in [0.4, 0.5) is 0 Å². The molecule has 1 aromatic heterocycles. The van der Waals surface area contributed by atoms with E-state index in [9.17, 15) is 0 Å². The predicted molar refractivity (Wildman–Crippen MR) is 78.2 cm³/mol. The Morgan fingerprint density at radius 2 is 2.00 bits per heavy atom. The van der Waals surface area contributed by atoms with E-state index in [0.717, 1.165) is 28.1 Å². The van der Waals surface area contributed by atoms with Gasteiger partial charge in [-0.1, -0.05) is 6.07 Å². The molecule has 0 saturated heterocycles. The van der Waals surface area contributed by atoms with Crippen molar-refractivity contribution >= 4 is 15.9 Å². The van der Waals surface area contributed by atoms with Gasteiger partial charge in [-0.15, -0.1) is 0 Å². The summed E-state index contributed by atoms with van der Waals surface area (Å²) < 4.78 is 3.06. The van der Waals surface area contributed by atoms with Crippen LogP contribution in [0, 0.1) is 20.8 Å². The van der Waals surface area contributed by atoms with Crippen LogP contribution < -0.4 is 5.32 Å². The van der Waals surface area contributed by atoms with Crippen molar-refractivity contribution in [1.82, 2.24) is 15.1 Å². The van der Waals surface area contributed by atoms with Crippen LogP contribution in [-0.4, -0.2) is 16.8 Å². The molecule has 2 rings (SSSR count). The first-order valence-corrected chi connectivity index (χ1v) is 6.80. The van der Waals surface area contributed by atoms with E-state index in [0.29, 0.717) is 0 Å². The molecule has 0 spiro atoms. The zero-order valence-electron chi connectivity index (χ0n) is 11.2. The van der Waals surface area contributed by atoms with Crippen molar-refractivity contribution in [3.05, 3.63) is 45.2 Å². The van der Waals surface area contributed by atoms with E-state index < -0.39 is 0 Å². The zero-order chi connectivity index (χ0) is 13.3. The molecule has 3 nitrogen and oxygen atoms in total. The van der Waals surface area contributed by atoms with Gasteiger partial charge in [0, 0.05) is 6.54 Å². The van der Waals surface area contributed by atoms with Crippen LogP contribution in [0.25, 0.3) is 5.69 Å². The number of nitrogens with zero attached hydrogens (tertiary/aromatic N) is 2. The van der Waals surface area contributed by atoms with Gasteiger partial charge < -0.3 is 5.32 Å². The maximum atomic E-state index is 4.55. The Bertz CT molecular complexity index is 573. The van der Waals surface area contributed by atoms with Gasteiger partial charge in [-0.05, 0) is 67.0 Å². The van der Waals surface area contributed by atoms with Crippen molar-refractivity contribution < 1.29 is 0 Å². The minimum atomic E-state index is 0.896. The molecule has 1 heterocycles. The molecule has 0 aliphatic rings. The number of hydrogen-bond acceptors (Lipinski definition) is 2. The van der Waals surface area contributed by atoms with E-state index in [4.69, 9.17) is 0 Å². The molecule has 0 amide bonds. The van der Waals surface area contributed by atoms with Gasteiger partial charge in [-0.2, -0.15) is 5.10 Å². The first-order chi connectivity index (χ1) is 8.54. The summed E-state index contributed by atoms with van der Waals surface area (Å²) in [7, 11) is 1.96. The van der Waals surface area contributed by atoms with Gasteiger partial charge in [-0.25, -0.2) is 4.68 Å². The third-order valence-electron chi connectivity index (χ3n) is 3.14. The quantitative estimate of drug-likeness (QED) is 0.943. The standard InChI is InChI=1S/C14H18BrN3/c1-9-7-13(6-5-12(9)8-16-4)18-11(3)14(15)10(2)17-18/h5-7,16H,8H2,1-4H3. The van der Waals surface area contributed by atoms with E-state index in [1.165, 1.54) is 11.1 Å². The summed E-state index contributed by atoms with van der Waals surface area (Å²) >= 11 is 3.56. The van der Waals surface area contributed by atoms with Crippen LogP contribution in [0.15, 0.2) is 22.7 Å². The maximum absolute atomic E-state index is 4.55. The molecule has 0 saturated carbocycles. The third-order valence-corrected chi connectivity index (χ3v) is 4.29. The Morgan fingerprint density at radius 3 is 2.50 bits per heavy atom. The summed E-state index contributed by atoms with van der Waals surface area (Å²) in [6.45, 7) is 7.11. The lowest BCUT2D eigenvalue weighted by atomic mass is 10.1. The Kier molecular flexibility index (Phi) is 3.88. The Hall–Kier alpha value is -1.13. The molecule has 4 heteroatoms. The smallest absolute Gasteiger partial charge is 0.0743 e. The monoisotopic (exact) mass is 307 g/mol. The minimum absolute atomic E-state index is 0.896. The summed E-state index contributed by atoms with van der Waals surface area (Å²) in [4.78, 5) is 0. The van der Waals surface area contributed by atoms with E-state index >= 15 is 0 Å². The van der Waals surface area contributed by atoms with Gasteiger partial charge in [0.05, 0.1) is 21.5 Å². The predicted octanol–water partition coefficient (Wildman–Crippen LogP) is 3.28. The molecule has 0 bridgehead atoms. The Balaban J connectivity index is 2.45. The molecule has 1 N–H and O–H groups in total. The van der Waals surface area contributed by atoms with Crippen molar-refractivity contribution in [3.8, 4) is 5.69 Å². The Morgan fingerprint density at radius 1 is 1.28 bits per heavy atom. The van der Waals surface area contributed by atoms with Gasteiger partial charge in [0.2, 0.25) is 0 Å². The molecular formula is C14H18BrN3. The first-order valence-electron chi connectivity index (χ1n) is 6.00. The van der Waals surface area contributed by atoms with E-state index in [-0.39, 0.29) is 0 Å². The van der Waals surface area contributed by atoms with Gasteiger partial charge in [-0.3, -0.25) is 0 Å². The highest BCUT2D eigenvalue weighted by molar-refractivity contribution is 9.10. The maximum Gasteiger partial charge on any atom is 0.0743 e. The largest absolute Gasteiger partial charge is 0.316 e. The lowest BCUT2D eigenvalue weighted by Crippen LogP contribution is -2.07. The second-order valence-corrected chi connectivity index (χ2v) is 5.33. The van der Waals surface area contributed by atoms with Crippen molar-refractivity contribution in [2.24, 2.45) is 0 Å². The Labute approximate surface area is 116 Å². The van der Waals surface area contributed by atoms with Crippen LogP contribution in [0.2, 0.25) is 0 Å². The first kappa shape index (κ1) is 13.3. The fraction of sp³-hybridized carbons (Fsp3) is 0.357. The van der Waals surface area contributed by atoms with Gasteiger partial charge in [0.25, 0.3) is 0 Å². The van der Waals surface area contributed by atoms with Gasteiger partial charge in [0.15, 0.2) is 0 Å². The molecule has 0 aliphatic heterocycles. The number of aromatic nitrogens is 2. The van der Waals surface area contributed by atoms with Crippen molar-refractivity contribution in [2.45, 2.75) is 27.3 Å². The molecule has 0 fully saturated rings. The average Bonchev–Trinajstić information content (AvgIpc) is 2.60. The fourth-order valence-corrected chi connectivity index (χ4v) is 2.32. The number of rotatable bonds is 3. The van der Waals surface area contributed by atoms with Crippen LogP contribution in [0.5, 0.6) is 0 Å². The summed E-state index contributed by atoms with van der Waals surface area (Å²) in [5.41, 5.74) is 5.86. The summed E-state index contributed by atoms with van der Waals surface area (Å²) in [6, 6.07) is 6.45.